The molecule has 0 unspecified atom stereocenters. The lowest BCUT2D eigenvalue weighted by atomic mass is 9.63. The van der Waals surface area contributed by atoms with Gasteiger partial charge in [-0.1, -0.05) is 41.5 Å². The Labute approximate surface area is 238 Å². The molecule has 0 aromatic heterocycles. The zero-order valence-corrected chi connectivity index (χ0v) is 28.5. The molecule has 0 aromatic carbocycles. The van der Waals surface area contributed by atoms with Crippen molar-refractivity contribution in [1.82, 2.24) is 0 Å². The number of fused-ring (bicyclic) bond motifs is 1. The summed E-state index contributed by atoms with van der Waals surface area (Å²) in [6.07, 6.45) is 1.01. The summed E-state index contributed by atoms with van der Waals surface area (Å²) in [4.78, 5) is 37.9. The Bertz CT molecular complexity index is 889. The predicted molar refractivity (Wildman–Crippen MR) is 156 cm³/mol. The molecule has 5 atom stereocenters. The number of rotatable bonds is 9. The minimum absolute atomic E-state index is 0.00849. The number of hydrogen-bond acceptors (Lipinski definition) is 8. The summed E-state index contributed by atoms with van der Waals surface area (Å²) < 4.78 is 30.8. The molecule has 0 bridgehead atoms. The number of carbonyl (C=O) groups is 3. The number of Topliss-reactive ketones (excluding diaryl/α,β-unsaturated/α-hetero) is 1. The molecule has 1 aliphatic carbocycles. The smallest absolute Gasteiger partial charge is 0.304 e. The van der Waals surface area contributed by atoms with E-state index < -0.39 is 52.5 Å². The minimum Gasteiger partial charge on any atom is -0.436 e. The van der Waals surface area contributed by atoms with E-state index in [1.165, 1.54) is 13.8 Å². The summed E-state index contributed by atoms with van der Waals surface area (Å²) >= 11 is 0. The molecule has 2 rings (SSSR count). The number of ketones is 1. The van der Waals surface area contributed by atoms with Crippen LogP contribution >= 0.6 is 0 Å². The van der Waals surface area contributed by atoms with Crippen molar-refractivity contribution in [3.8, 4) is 0 Å². The van der Waals surface area contributed by atoms with Gasteiger partial charge in [-0.25, -0.2) is 0 Å². The number of ether oxygens (including phenoxy) is 3. The first-order valence-corrected chi connectivity index (χ1v) is 20.3. The maximum absolute atomic E-state index is 13.8. The van der Waals surface area contributed by atoms with Crippen LogP contribution in [0.4, 0.5) is 0 Å². The first-order valence-electron chi connectivity index (χ1n) is 14.5. The first-order chi connectivity index (χ1) is 17.6. The summed E-state index contributed by atoms with van der Waals surface area (Å²) in [6.45, 7) is 25.3. The summed E-state index contributed by atoms with van der Waals surface area (Å²) in [7, 11) is -4.23. The second kappa shape index (κ2) is 12.4. The average molecular weight is 587 g/mol. The SMILES string of the molecule is CC(=O)O[C@H]1C[C@]2(CCCO[Si](C)(C)C(C)(C)C)[C@@H](O[Si](C)(C)C(C)(C)C)CCCC(=O)[C@@H]2[C@H](OC(C)=O)O1. The maximum atomic E-state index is 13.8. The van der Waals surface area contributed by atoms with E-state index in [0.717, 1.165) is 0 Å². The van der Waals surface area contributed by atoms with Gasteiger partial charge in [-0.15, -0.1) is 0 Å². The molecular formula is C29H54O8Si2. The minimum atomic E-state index is -2.26. The largest absolute Gasteiger partial charge is 0.436 e. The van der Waals surface area contributed by atoms with Crippen LogP contribution in [-0.4, -0.2) is 59.6 Å². The Hall–Kier alpha value is -1.08. The van der Waals surface area contributed by atoms with Crippen LogP contribution in [0.1, 0.15) is 93.9 Å². The summed E-state index contributed by atoms with van der Waals surface area (Å²) in [5.41, 5.74) is -0.738. The van der Waals surface area contributed by atoms with Crippen LogP contribution in [0.15, 0.2) is 0 Å². The van der Waals surface area contributed by atoms with Crippen LogP contribution in [-0.2, 0) is 37.4 Å². The van der Waals surface area contributed by atoms with E-state index in [2.05, 4.69) is 67.7 Å². The van der Waals surface area contributed by atoms with Crippen molar-refractivity contribution in [1.29, 1.82) is 0 Å². The molecule has 2 aliphatic rings. The monoisotopic (exact) mass is 586 g/mol. The highest BCUT2D eigenvalue weighted by Gasteiger charge is 2.60. The van der Waals surface area contributed by atoms with Gasteiger partial charge in [0.05, 0.1) is 12.0 Å². The molecule has 0 amide bonds. The number of esters is 2. The molecule has 1 aliphatic heterocycles. The second-order valence-electron chi connectivity index (χ2n) is 14.5. The number of carbonyl (C=O) groups excluding carboxylic acids is 3. The van der Waals surface area contributed by atoms with E-state index in [9.17, 15) is 14.4 Å². The Morgan fingerprint density at radius 3 is 2.03 bits per heavy atom. The van der Waals surface area contributed by atoms with E-state index >= 15 is 0 Å². The molecule has 226 valence electrons. The molecule has 8 nitrogen and oxygen atoms in total. The molecule has 10 heteroatoms. The Kier molecular flexibility index (Phi) is 10.9. The molecule has 0 N–H and O–H groups in total. The van der Waals surface area contributed by atoms with Gasteiger partial charge in [0.15, 0.2) is 16.6 Å². The molecule has 0 aromatic rings. The van der Waals surface area contributed by atoms with Gasteiger partial charge >= 0.3 is 11.9 Å². The highest BCUT2D eigenvalue weighted by Crippen LogP contribution is 2.54. The third-order valence-electron chi connectivity index (χ3n) is 9.48. The van der Waals surface area contributed by atoms with Crippen molar-refractivity contribution in [2.24, 2.45) is 11.3 Å². The molecule has 0 spiro atoms. The predicted octanol–water partition coefficient (Wildman–Crippen LogP) is 6.73. The fraction of sp³-hybridized carbons (Fsp3) is 0.897. The van der Waals surface area contributed by atoms with Crippen LogP contribution < -0.4 is 0 Å². The third kappa shape index (κ3) is 8.24. The van der Waals surface area contributed by atoms with Crippen LogP contribution in [0, 0.1) is 11.3 Å². The number of hydrogen-bond donors (Lipinski definition) is 0. The van der Waals surface area contributed by atoms with Crippen LogP contribution in [0.3, 0.4) is 0 Å². The summed E-state index contributed by atoms with van der Waals surface area (Å²) in [5, 5.41) is 0.0425. The van der Waals surface area contributed by atoms with Crippen LogP contribution in [0.25, 0.3) is 0 Å². The highest BCUT2D eigenvalue weighted by atomic mass is 28.4. The van der Waals surface area contributed by atoms with Gasteiger partial charge in [-0.05, 0) is 61.9 Å². The zero-order valence-electron chi connectivity index (χ0n) is 26.5. The van der Waals surface area contributed by atoms with Gasteiger partial charge in [-0.3, -0.25) is 14.4 Å². The topological polar surface area (TPSA) is 97.4 Å². The van der Waals surface area contributed by atoms with Gasteiger partial charge in [-0.2, -0.15) is 0 Å². The van der Waals surface area contributed by atoms with Crippen molar-refractivity contribution >= 4 is 34.4 Å². The normalized spacial score (nSPS) is 28.9. The van der Waals surface area contributed by atoms with E-state index in [1.807, 2.05) is 0 Å². The van der Waals surface area contributed by atoms with Crippen LogP contribution in [0.2, 0.25) is 36.3 Å². The lowest BCUT2D eigenvalue weighted by Crippen LogP contribution is -2.60. The molecular weight excluding hydrogens is 532 g/mol. The van der Waals surface area contributed by atoms with Gasteiger partial charge in [0.1, 0.15) is 5.78 Å². The molecule has 1 heterocycles. The van der Waals surface area contributed by atoms with Crippen molar-refractivity contribution in [2.75, 3.05) is 6.61 Å². The van der Waals surface area contributed by atoms with E-state index in [-0.39, 0.29) is 22.0 Å². The van der Waals surface area contributed by atoms with E-state index in [4.69, 9.17) is 23.1 Å². The maximum Gasteiger partial charge on any atom is 0.304 e. The Morgan fingerprint density at radius 2 is 1.51 bits per heavy atom. The highest BCUT2D eigenvalue weighted by molar-refractivity contribution is 6.74. The van der Waals surface area contributed by atoms with Crippen LogP contribution in [0.5, 0.6) is 0 Å². The van der Waals surface area contributed by atoms with Gasteiger partial charge in [0, 0.05) is 38.7 Å². The summed E-state index contributed by atoms with van der Waals surface area (Å²) in [5.74, 6) is -1.73. The zero-order chi connectivity index (χ0) is 30.0. The van der Waals surface area contributed by atoms with Crippen molar-refractivity contribution < 1.29 is 37.4 Å². The fourth-order valence-electron chi connectivity index (χ4n) is 5.28. The fourth-order valence-corrected chi connectivity index (χ4v) is 7.78. The average Bonchev–Trinajstić information content (AvgIpc) is 2.85. The first kappa shape index (κ1) is 34.1. The quantitative estimate of drug-likeness (QED) is 0.167. The standard InChI is InChI=1S/C29H54O8Si2/c1-20(30)34-24-19-29(17-14-18-33-38(9,10)27(3,4)5)23(37-39(11,12)28(6,7)8)16-13-15-22(32)25(29)26(36-24)35-21(2)31/h23-26H,13-19H2,1-12H3/t23-,24+,25+,26+,29+/m0/s1. The Balaban J connectivity index is 2.57. The van der Waals surface area contributed by atoms with Gasteiger partial charge in [0.2, 0.25) is 12.6 Å². The third-order valence-corrected chi connectivity index (χ3v) is 18.5. The second-order valence-corrected chi connectivity index (χ2v) is 24.1. The molecule has 1 saturated carbocycles. The van der Waals surface area contributed by atoms with Crippen molar-refractivity contribution in [2.45, 2.75) is 149 Å². The Morgan fingerprint density at radius 1 is 0.949 bits per heavy atom. The van der Waals surface area contributed by atoms with Crippen molar-refractivity contribution in [3.05, 3.63) is 0 Å². The molecule has 2 fully saturated rings. The van der Waals surface area contributed by atoms with E-state index in [1.54, 1.807) is 0 Å². The van der Waals surface area contributed by atoms with Gasteiger partial charge < -0.3 is 23.1 Å². The van der Waals surface area contributed by atoms with Gasteiger partial charge in [0.25, 0.3) is 0 Å². The van der Waals surface area contributed by atoms with Crippen molar-refractivity contribution in [3.63, 3.8) is 0 Å². The summed E-state index contributed by atoms with van der Waals surface area (Å²) in [6, 6.07) is 0. The molecule has 39 heavy (non-hydrogen) atoms. The molecule has 0 radical (unpaired) electrons. The lowest BCUT2D eigenvalue weighted by molar-refractivity contribution is -0.303. The van der Waals surface area contributed by atoms with E-state index in [0.29, 0.717) is 45.1 Å². The molecule has 1 saturated heterocycles. The lowest BCUT2D eigenvalue weighted by Gasteiger charge is -2.53.